The summed E-state index contributed by atoms with van der Waals surface area (Å²) < 4.78 is 12.6. The van der Waals surface area contributed by atoms with E-state index in [1.54, 1.807) is 12.3 Å². The van der Waals surface area contributed by atoms with Crippen LogP contribution in [0.2, 0.25) is 0 Å². The molecule has 0 aromatic carbocycles. The second kappa shape index (κ2) is 12.0. The molecule has 1 aromatic rings. The number of anilines is 1. The van der Waals surface area contributed by atoms with Crippen molar-refractivity contribution in [2.24, 2.45) is 0 Å². The number of rotatable bonds is 11. The molecule has 0 amide bonds. The number of hydrogen-bond donors (Lipinski definition) is 3. The van der Waals surface area contributed by atoms with Gasteiger partial charge in [0.05, 0.1) is 27.5 Å². The molecule has 1 aliphatic rings. The van der Waals surface area contributed by atoms with Crippen molar-refractivity contribution in [3.8, 4) is 0 Å². The van der Waals surface area contributed by atoms with Gasteiger partial charge in [-0.05, 0) is 45.0 Å². The highest BCUT2D eigenvalue weighted by atomic mass is 31.1. The van der Waals surface area contributed by atoms with Gasteiger partial charge in [0.15, 0.2) is 0 Å². The molecule has 1 saturated heterocycles. The summed E-state index contributed by atoms with van der Waals surface area (Å²) in [5.41, 5.74) is 5.13. The lowest BCUT2D eigenvalue weighted by Gasteiger charge is -2.19. The van der Waals surface area contributed by atoms with Crippen LogP contribution in [0.15, 0.2) is 29.0 Å². The molecule has 3 unspecified atom stereocenters. The summed E-state index contributed by atoms with van der Waals surface area (Å²) in [6, 6.07) is 1.84. The molecule has 0 saturated carbocycles. The number of carbonyl (C=O) groups is 1. The van der Waals surface area contributed by atoms with Crippen molar-refractivity contribution in [3.05, 3.63) is 34.6 Å². The number of hydrogen-bond acceptors (Lipinski definition) is 8. The molecule has 0 radical (unpaired) electrons. The van der Waals surface area contributed by atoms with Crippen molar-refractivity contribution in [3.63, 3.8) is 0 Å². The highest BCUT2D eigenvalue weighted by Crippen LogP contribution is 2.32. The Bertz CT molecular complexity index is 740. The Labute approximate surface area is 172 Å². The van der Waals surface area contributed by atoms with E-state index in [0.29, 0.717) is 13.0 Å². The predicted octanol–water partition coefficient (Wildman–Crippen LogP) is 2.26. The SMILES string of the molecule is CCCCOC(=O)CNP(/C=C/C1CCC(n2ccc(N)nc2=O)O1)NC(C)C. The van der Waals surface area contributed by atoms with E-state index in [9.17, 15) is 9.59 Å². The van der Waals surface area contributed by atoms with Crippen LogP contribution in [0, 0.1) is 0 Å². The molecule has 1 aliphatic heterocycles. The fourth-order valence-corrected chi connectivity index (χ4v) is 4.27. The zero-order valence-electron chi connectivity index (χ0n) is 17.3. The summed E-state index contributed by atoms with van der Waals surface area (Å²) in [6.45, 7) is 6.76. The fraction of sp³-hybridized carbons (Fsp3) is 0.632. The molecule has 162 valence electrons. The molecule has 29 heavy (non-hydrogen) atoms. The highest BCUT2D eigenvalue weighted by Gasteiger charge is 2.26. The molecule has 3 atom stereocenters. The van der Waals surface area contributed by atoms with Crippen molar-refractivity contribution < 1.29 is 14.3 Å². The molecule has 0 aliphatic carbocycles. The summed E-state index contributed by atoms with van der Waals surface area (Å²) in [7, 11) is -0.905. The number of nitrogens with one attached hydrogen (secondary N) is 2. The minimum Gasteiger partial charge on any atom is -0.465 e. The molecule has 4 N–H and O–H groups in total. The van der Waals surface area contributed by atoms with Gasteiger partial charge in [-0.3, -0.25) is 19.5 Å². The maximum absolute atomic E-state index is 12.0. The lowest BCUT2D eigenvalue weighted by molar-refractivity contribution is -0.142. The molecule has 0 spiro atoms. The number of esters is 1. The Morgan fingerprint density at radius 3 is 3.00 bits per heavy atom. The van der Waals surface area contributed by atoms with Crippen LogP contribution in [0.3, 0.4) is 0 Å². The molecule has 10 heteroatoms. The van der Waals surface area contributed by atoms with Crippen LogP contribution in [0.5, 0.6) is 0 Å². The van der Waals surface area contributed by atoms with Gasteiger partial charge in [-0.2, -0.15) is 4.98 Å². The second-order valence-electron chi connectivity index (χ2n) is 7.15. The van der Waals surface area contributed by atoms with Crippen molar-refractivity contribution in [1.29, 1.82) is 0 Å². The van der Waals surface area contributed by atoms with Crippen LogP contribution in [-0.4, -0.2) is 40.8 Å². The van der Waals surface area contributed by atoms with Crippen molar-refractivity contribution in [2.45, 2.75) is 64.8 Å². The van der Waals surface area contributed by atoms with E-state index in [0.717, 1.165) is 19.3 Å². The van der Waals surface area contributed by atoms with Gasteiger partial charge in [-0.1, -0.05) is 19.4 Å². The van der Waals surface area contributed by atoms with E-state index in [2.05, 4.69) is 22.1 Å². The molecular formula is C19H32N5O4P. The third-order valence-electron chi connectivity index (χ3n) is 4.19. The summed E-state index contributed by atoms with van der Waals surface area (Å²) in [5, 5.41) is 6.63. The van der Waals surface area contributed by atoms with Gasteiger partial charge >= 0.3 is 11.7 Å². The smallest absolute Gasteiger partial charge is 0.351 e. The van der Waals surface area contributed by atoms with Crippen molar-refractivity contribution in [1.82, 2.24) is 19.7 Å². The maximum Gasteiger partial charge on any atom is 0.351 e. The number of unbranched alkanes of at least 4 members (excludes halogenated alkanes) is 1. The molecular weight excluding hydrogens is 393 g/mol. The van der Waals surface area contributed by atoms with E-state index in [4.69, 9.17) is 15.2 Å². The first-order valence-electron chi connectivity index (χ1n) is 10.0. The molecule has 2 rings (SSSR count). The Kier molecular flexibility index (Phi) is 9.73. The summed E-state index contributed by atoms with van der Waals surface area (Å²) in [5.74, 6) is 1.95. The Morgan fingerprint density at radius 2 is 2.31 bits per heavy atom. The van der Waals surface area contributed by atoms with Crippen LogP contribution in [0.1, 0.15) is 52.7 Å². The van der Waals surface area contributed by atoms with Crippen LogP contribution >= 0.6 is 8.22 Å². The van der Waals surface area contributed by atoms with E-state index in [1.807, 2.05) is 25.7 Å². The van der Waals surface area contributed by atoms with Crippen LogP contribution in [0.25, 0.3) is 0 Å². The third-order valence-corrected chi connectivity index (χ3v) is 5.96. The Hall–Kier alpha value is -1.80. The van der Waals surface area contributed by atoms with E-state index in [-0.39, 0.29) is 36.7 Å². The van der Waals surface area contributed by atoms with E-state index >= 15 is 0 Å². The number of ether oxygens (including phenoxy) is 2. The number of aromatic nitrogens is 2. The first-order valence-corrected chi connectivity index (χ1v) is 11.4. The van der Waals surface area contributed by atoms with Gasteiger partial charge in [-0.15, -0.1) is 0 Å². The van der Waals surface area contributed by atoms with E-state index < -0.39 is 13.9 Å². The van der Waals surface area contributed by atoms with Gasteiger partial charge in [0.1, 0.15) is 12.0 Å². The first kappa shape index (κ1) is 23.5. The number of nitrogens with zero attached hydrogens (tertiary/aromatic N) is 2. The minimum absolute atomic E-state index is 0.110. The zero-order chi connectivity index (χ0) is 21.2. The van der Waals surface area contributed by atoms with Crippen LogP contribution in [-0.2, 0) is 14.3 Å². The Morgan fingerprint density at radius 1 is 1.52 bits per heavy atom. The van der Waals surface area contributed by atoms with Gasteiger partial charge in [-0.25, -0.2) is 4.79 Å². The topological polar surface area (TPSA) is 121 Å². The number of nitrogen functional groups attached to an aromatic ring is 1. The van der Waals surface area contributed by atoms with Crippen molar-refractivity contribution >= 4 is 20.0 Å². The lowest BCUT2D eigenvalue weighted by atomic mass is 10.2. The minimum atomic E-state index is -0.905. The monoisotopic (exact) mass is 425 g/mol. The summed E-state index contributed by atoms with van der Waals surface area (Å²) >= 11 is 0. The standard InChI is InChI=1S/C19H32N5O4P/c1-4-5-11-27-18(25)13-21-29(23-14(2)3)12-9-15-6-7-17(28-15)24-10-8-16(20)22-19(24)26/h8-10,12,14-15,17,21,23H,4-7,11,13H2,1-3H3,(H2,20,22,26)/b12-9+. The largest absolute Gasteiger partial charge is 0.465 e. The first-order chi connectivity index (χ1) is 13.9. The molecule has 2 heterocycles. The highest BCUT2D eigenvalue weighted by molar-refractivity contribution is 7.56. The van der Waals surface area contributed by atoms with E-state index in [1.165, 1.54) is 4.57 Å². The van der Waals surface area contributed by atoms with Gasteiger partial charge in [0.2, 0.25) is 0 Å². The number of carbonyl (C=O) groups excluding carboxylic acids is 1. The predicted molar refractivity (Wildman–Crippen MR) is 114 cm³/mol. The Balaban J connectivity index is 1.88. The second-order valence-corrected chi connectivity index (χ2v) is 8.77. The average Bonchev–Trinajstić information content (AvgIpc) is 3.12. The average molecular weight is 425 g/mol. The quantitative estimate of drug-likeness (QED) is 0.281. The maximum atomic E-state index is 12.0. The molecule has 0 bridgehead atoms. The normalized spacial score (nSPS) is 20.4. The molecule has 9 nitrogen and oxygen atoms in total. The molecule has 1 aromatic heterocycles. The zero-order valence-corrected chi connectivity index (χ0v) is 18.2. The van der Waals surface area contributed by atoms with Gasteiger partial charge < -0.3 is 15.2 Å². The summed E-state index contributed by atoms with van der Waals surface area (Å²) in [6.07, 6.45) is 6.50. The summed E-state index contributed by atoms with van der Waals surface area (Å²) in [4.78, 5) is 27.5. The third kappa shape index (κ3) is 8.22. The van der Waals surface area contributed by atoms with Crippen molar-refractivity contribution in [2.75, 3.05) is 18.9 Å². The van der Waals surface area contributed by atoms with Crippen LogP contribution in [0.4, 0.5) is 5.82 Å². The van der Waals surface area contributed by atoms with Crippen LogP contribution < -0.4 is 21.6 Å². The van der Waals surface area contributed by atoms with Gasteiger partial charge in [0, 0.05) is 12.2 Å². The van der Waals surface area contributed by atoms with Gasteiger partial charge in [0.25, 0.3) is 0 Å². The number of nitrogens with two attached hydrogens (primary N) is 1. The fourth-order valence-electron chi connectivity index (χ4n) is 2.77. The lowest BCUT2D eigenvalue weighted by Crippen LogP contribution is -2.28. The molecule has 1 fully saturated rings.